The quantitative estimate of drug-likeness (QED) is 0.131. The molecule has 0 aliphatic carbocycles. The first-order valence-corrected chi connectivity index (χ1v) is 18.3. The highest BCUT2D eigenvalue weighted by atomic mass is 19.1. The van der Waals surface area contributed by atoms with E-state index in [0.717, 1.165) is 58.0 Å². The zero-order valence-electron chi connectivity index (χ0n) is 30.7. The third kappa shape index (κ3) is 9.90. The van der Waals surface area contributed by atoms with Gasteiger partial charge in [0.1, 0.15) is 37.0 Å². The van der Waals surface area contributed by atoms with Crippen LogP contribution in [0.1, 0.15) is 52.6 Å². The minimum absolute atomic E-state index is 0.403. The van der Waals surface area contributed by atoms with E-state index >= 15 is 0 Å². The van der Waals surface area contributed by atoms with Crippen molar-refractivity contribution < 1.29 is 13.5 Å². The summed E-state index contributed by atoms with van der Waals surface area (Å²) in [7, 11) is 0. The summed E-state index contributed by atoms with van der Waals surface area (Å²) in [5, 5.41) is 0. The topological polar surface area (TPSA) is 69.6 Å². The van der Waals surface area contributed by atoms with Crippen molar-refractivity contribution in [3.8, 4) is 40.6 Å². The minimum atomic E-state index is -0.578. The SMILES string of the molecule is FCc1cccc(C#CCCc2cn3cccc(-c4ccccc4)c3n2)n1.FCc1cccc(C#CCCc2cn3cccc(OCc4ccccc4)c3n2)n1. The van der Waals surface area contributed by atoms with Gasteiger partial charge in [0.2, 0.25) is 0 Å². The van der Waals surface area contributed by atoms with Crippen molar-refractivity contribution in [1.29, 1.82) is 0 Å². The van der Waals surface area contributed by atoms with Crippen LogP contribution in [0.15, 0.2) is 146 Å². The van der Waals surface area contributed by atoms with Crippen molar-refractivity contribution in [3.63, 3.8) is 0 Å². The summed E-state index contributed by atoms with van der Waals surface area (Å²) in [5.41, 5.74) is 9.07. The maximum Gasteiger partial charge on any atom is 0.179 e. The number of imidazole rings is 2. The number of rotatable bonds is 10. The summed E-state index contributed by atoms with van der Waals surface area (Å²) < 4.78 is 35.3. The Hall–Kier alpha value is -7.10. The van der Waals surface area contributed by atoms with Crippen LogP contribution < -0.4 is 4.74 Å². The highest BCUT2D eigenvalue weighted by molar-refractivity contribution is 5.77. The number of benzene rings is 2. The molecule has 0 unspecified atom stereocenters. The lowest BCUT2D eigenvalue weighted by Crippen LogP contribution is -1.97. The second-order valence-corrected chi connectivity index (χ2v) is 12.8. The third-order valence-corrected chi connectivity index (χ3v) is 8.68. The molecule has 9 heteroatoms. The lowest BCUT2D eigenvalue weighted by Gasteiger charge is -2.07. The molecule has 56 heavy (non-hydrogen) atoms. The Morgan fingerprint density at radius 1 is 0.518 bits per heavy atom. The van der Waals surface area contributed by atoms with Crippen LogP contribution in [0.5, 0.6) is 5.75 Å². The summed E-state index contributed by atoms with van der Waals surface area (Å²) in [4.78, 5) is 17.8. The van der Waals surface area contributed by atoms with Gasteiger partial charge in [0, 0.05) is 56.0 Å². The monoisotopic (exact) mass is 740 g/mol. The van der Waals surface area contributed by atoms with Crippen LogP contribution in [0.25, 0.3) is 22.4 Å². The van der Waals surface area contributed by atoms with E-state index in [0.29, 0.717) is 42.2 Å². The highest BCUT2D eigenvalue weighted by Crippen LogP contribution is 2.24. The van der Waals surface area contributed by atoms with Gasteiger partial charge in [-0.2, -0.15) is 0 Å². The van der Waals surface area contributed by atoms with E-state index in [4.69, 9.17) is 14.7 Å². The molecule has 0 N–H and O–H groups in total. The van der Waals surface area contributed by atoms with Crippen LogP contribution in [0, 0.1) is 23.7 Å². The first kappa shape index (κ1) is 37.2. The van der Waals surface area contributed by atoms with Crippen molar-refractivity contribution in [1.82, 2.24) is 28.7 Å². The molecule has 0 aliphatic heterocycles. The van der Waals surface area contributed by atoms with Gasteiger partial charge in [-0.1, -0.05) is 84.6 Å². The van der Waals surface area contributed by atoms with E-state index in [1.165, 1.54) is 0 Å². The van der Waals surface area contributed by atoms with Crippen molar-refractivity contribution in [2.24, 2.45) is 0 Å². The Morgan fingerprint density at radius 3 is 1.68 bits per heavy atom. The van der Waals surface area contributed by atoms with Crippen LogP contribution in [0.3, 0.4) is 0 Å². The lowest BCUT2D eigenvalue weighted by molar-refractivity contribution is 0.308. The van der Waals surface area contributed by atoms with E-state index in [2.05, 4.69) is 56.2 Å². The van der Waals surface area contributed by atoms with Crippen LogP contribution >= 0.6 is 0 Å². The van der Waals surface area contributed by atoms with Gasteiger partial charge in [0.15, 0.2) is 11.4 Å². The van der Waals surface area contributed by atoms with Crippen molar-refractivity contribution in [2.45, 2.75) is 45.6 Å². The number of hydrogen-bond acceptors (Lipinski definition) is 5. The number of ether oxygens (including phenoxy) is 1. The predicted octanol–water partition coefficient (Wildman–Crippen LogP) is 9.61. The van der Waals surface area contributed by atoms with Crippen molar-refractivity contribution >= 4 is 11.3 Å². The molecule has 0 saturated heterocycles. The smallest absolute Gasteiger partial charge is 0.179 e. The fourth-order valence-corrected chi connectivity index (χ4v) is 5.97. The summed E-state index contributed by atoms with van der Waals surface area (Å²) in [6.45, 7) is -0.648. The number of pyridine rings is 4. The van der Waals surface area contributed by atoms with Crippen LogP contribution in [-0.2, 0) is 32.8 Å². The van der Waals surface area contributed by atoms with E-state index in [1.807, 2.05) is 95.9 Å². The van der Waals surface area contributed by atoms with Crippen molar-refractivity contribution in [3.05, 3.63) is 186 Å². The Bertz CT molecular complexity index is 2650. The molecule has 6 aromatic heterocycles. The fourth-order valence-electron chi connectivity index (χ4n) is 5.97. The van der Waals surface area contributed by atoms with Gasteiger partial charge in [-0.15, -0.1) is 0 Å². The molecule has 8 aromatic rings. The lowest BCUT2D eigenvalue weighted by atomic mass is 10.1. The minimum Gasteiger partial charge on any atom is -0.485 e. The molecule has 7 nitrogen and oxygen atoms in total. The van der Waals surface area contributed by atoms with E-state index in [-0.39, 0.29) is 0 Å². The second kappa shape index (κ2) is 18.8. The molecule has 6 heterocycles. The van der Waals surface area contributed by atoms with Gasteiger partial charge in [0.25, 0.3) is 0 Å². The average Bonchev–Trinajstić information content (AvgIpc) is 3.88. The maximum atomic E-state index is 12.7. The van der Waals surface area contributed by atoms with Gasteiger partial charge >= 0.3 is 0 Å². The number of fused-ring (bicyclic) bond motifs is 2. The number of hydrogen-bond donors (Lipinski definition) is 0. The zero-order chi connectivity index (χ0) is 38.4. The molecule has 0 spiro atoms. The summed E-state index contributed by atoms with van der Waals surface area (Å²) in [6.07, 6.45) is 10.8. The number of nitrogens with zero attached hydrogens (tertiary/aromatic N) is 6. The molecule has 0 radical (unpaired) electrons. The third-order valence-electron chi connectivity index (χ3n) is 8.68. The average molecular weight is 741 g/mol. The standard InChI is InChI=1S/C24H20FN3O.C23H18FN3/c25-16-21-13-6-12-20(26-21)10-4-5-11-22-17-28-15-7-14-23(24(28)27-22)29-18-19-8-2-1-3-9-19;24-16-20-13-6-12-19(25-20)10-4-5-11-21-17-27-15-7-14-22(23(27)26-21)18-8-2-1-3-9-18/h1-3,6-9,12-15,17H,5,11,16,18H2;1-3,6-9,12-15,17H,5,11,16H2. The summed E-state index contributed by atoms with van der Waals surface area (Å²) >= 11 is 0. The van der Waals surface area contributed by atoms with Gasteiger partial charge in [-0.05, 0) is 71.5 Å². The maximum absolute atomic E-state index is 12.7. The molecule has 8 rings (SSSR count). The number of aromatic nitrogens is 6. The van der Waals surface area contributed by atoms with E-state index in [9.17, 15) is 8.78 Å². The molecular formula is C47H38F2N6O. The molecular weight excluding hydrogens is 703 g/mol. The van der Waals surface area contributed by atoms with Gasteiger partial charge in [-0.3, -0.25) is 0 Å². The second-order valence-electron chi connectivity index (χ2n) is 12.8. The molecule has 0 amide bonds. The zero-order valence-corrected chi connectivity index (χ0v) is 30.7. The van der Waals surface area contributed by atoms with Crippen LogP contribution in [-0.4, -0.2) is 28.7 Å². The first-order valence-electron chi connectivity index (χ1n) is 18.3. The van der Waals surface area contributed by atoms with E-state index < -0.39 is 13.3 Å². The Balaban J connectivity index is 0.000000172. The highest BCUT2D eigenvalue weighted by Gasteiger charge is 2.09. The van der Waals surface area contributed by atoms with Crippen LogP contribution in [0.2, 0.25) is 0 Å². The molecule has 0 bridgehead atoms. The number of alkyl halides is 2. The van der Waals surface area contributed by atoms with Gasteiger partial charge < -0.3 is 13.5 Å². The Labute approximate surface area is 324 Å². The van der Waals surface area contributed by atoms with Crippen LogP contribution in [0.4, 0.5) is 8.78 Å². The Kier molecular flexibility index (Phi) is 12.5. The van der Waals surface area contributed by atoms with Gasteiger partial charge in [-0.25, -0.2) is 28.7 Å². The van der Waals surface area contributed by atoms with Gasteiger partial charge in [0.05, 0.1) is 22.8 Å². The number of halogens is 2. The molecule has 0 aliphatic rings. The fraction of sp³-hybridized carbons (Fsp3) is 0.149. The van der Waals surface area contributed by atoms with E-state index in [1.54, 1.807) is 36.4 Å². The molecule has 276 valence electrons. The summed E-state index contributed by atoms with van der Waals surface area (Å²) in [5.74, 6) is 12.9. The number of aryl methyl sites for hydroxylation is 2. The summed E-state index contributed by atoms with van der Waals surface area (Å²) in [6, 6.07) is 38.7. The molecule has 0 fully saturated rings. The molecule has 0 atom stereocenters. The largest absolute Gasteiger partial charge is 0.485 e. The Morgan fingerprint density at radius 2 is 1.07 bits per heavy atom. The molecule has 0 saturated carbocycles. The predicted molar refractivity (Wildman–Crippen MR) is 215 cm³/mol. The normalized spacial score (nSPS) is 10.5. The molecule has 2 aromatic carbocycles. The first-order chi connectivity index (χ1) is 27.6. The van der Waals surface area contributed by atoms with Crippen molar-refractivity contribution in [2.75, 3.05) is 0 Å².